The molecule has 8 heteroatoms. The van der Waals surface area contributed by atoms with Gasteiger partial charge in [-0.2, -0.15) is 10.1 Å². The molecule has 0 N–H and O–H groups in total. The number of ether oxygens (including phenoxy) is 1. The third kappa shape index (κ3) is 4.82. The van der Waals surface area contributed by atoms with E-state index in [-0.39, 0.29) is 11.7 Å². The first kappa shape index (κ1) is 21.0. The summed E-state index contributed by atoms with van der Waals surface area (Å²) in [5.41, 5.74) is 1.02. The quantitative estimate of drug-likeness (QED) is 0.198. The normalized spacial score (nSPS) is 11.2. The highest BCUT2D eigenvalue weighted by atomic mass is 32.1. The topological polar surface area (TPSA) is 54.8 Å². The predicted octanol–water partition coefficient (Wildman–Crippen LogP) is 6.97. The van der Waals surface area contributed by atoms with Crippen LogP contribution in [0.5, 0.6) is 11.5 Å². The fourth-order valence-corrected chi connectivity index (χ4v) is 4.58. The second-order valence-corrected chi connectivity index (χ2v) is 8.91. The zero-order valence-electron chi connectivity index (χ0n) is 17.1. The Bertz CT molecular complexity index is 1420. The molecule has 0 saturated carbocycles. The molecular weight excluding hydrogens is 457 g/mol. The van der Waals surface area contributed by atoms with Gasteiger partial charge in [0.2, 0.25) is 5.13 Å². The van der Waals surface area contributed by atoms with Crippen LogP contribution in [0.25, 0.3) is 10.2 Å². The van der Waals surface area contributed by atoms with Crippen molar-refractivity contribution in [3.05, 3.63) is 107 Å². The lowest BCUT2D eigenvalue weighted by Crippen LogP contribution is -2.25. The second-order valence-electron chi connectivity index (χ2n) is 6.92. The maximum atomic E-state index is 13.7. The van der Waals surface area contributed by atoms with Crippen LogP contribution in [0, 0.1) is 5.82 Å². The first-order valence-corrected chi connectivity index (χ1v) is 11.7. The van der Waals surface area contributed by atoms with E-state index in [4.69, 9.17) is 4.74 Å². The second kappa shape index (κ2) is 9.32. The molecule has 5 rings (SSSR count). The molecule has 0 bridgehead atoms. The molecule has 5 aromatic rings. The molecule has 0 atom stereocenters. The summed E-state index contributed by atoms with van der Waals surface area (Å²) in [6, 6.07) is 24.4. The van der Waals surface area contributed by atoms with Crippen LogP contribution in [-0.4, -0.2) is 17.1 Å². The van der Waals surface area contributed by atoms with Gasteiger partial charge in [-0.05, 0) is 66.0 Å². The summed E-state index contributed by atoms with van der Waals surface area (Å²) in [5, 5.41) is 7.95. The average Bonchev–Trinajstić information content (AvgIpc) is 3.50. The number of amides is 1. The van der Waals surface area contributed by atoms with E-state index in [0.29, 0.717) is 32.4 Å². The fourth-order valence-electron chi connectivity index (χ4n) is 3.06. The Hall–Kier alpha value is -3.88. The molecule has 1 amide bonds. The van der Waals surface area contributed by atoms with Gasteiger partial charge in [0.1, 0.15) is 17.3 Å². The van der Waals surface area contributed by atoms with Gasteiger partial charge in [0, 0.05) is 10.4 Å². The number of hydrogen-bond acceptors (Lipinski definition) is 6. The van der Waals surface area contributed by atoms with E-state index in [1.807, 2.05) is 47.8 Å². The van der Waals surface area contributed by atoms with E-state index < -0.39 is 0 Å². The first-order valence-electron chi connectivity index (χ1n) is 9.97. The van der Waals surface area contributed by atoms with Crippen molar-refractivity contribution in [3.8, 4) is 11.5 Å². The van der Waals surface area contributed by atoms with E-state index in [0.717, 1.165) is 4.88 Å². The van der Waals surface area contributed by atoms with Crippen LogP contribution in [0.2, 0.25) is 0 Å². The summed E-state index contributed by atoms with van der Waals surface area (Å²) >= 11 is 2.71. The number of hydrazone groups is 1. The lowest BCUT2D eigenvalue weighted by Gasteiger charge is -2.14. The number of fused-ring (bicyclic) bond motifs is 1. The van der Waals surface area contributed by atoms with E-state index in [2.05, 4.69) is 10.1 Å². The number of benzene rings is 3. The fraction of sp³-hybridized carbons (Fsp3) is 0. The van der Waals surface area contributed by atoms with Crippen molar-refractivity contribution in [1.29, 1.82) is 0 Å². The van der Waals surface area contributed by atoms with Crippen molar-refractivity contribution in [2.24, 2.45) is 5.10 Å². The number of halogens is 1. The number of nitrogens with zero attached hydrogens (tertiary/aromatic N) is 3. The van der Waals surface area contributed by atoms with Crippen molar-refractivity contribution in [3.63, 3.8) is 0 Å². The molecule has 5 nitrogen and oxygen atoms in total. The minimum absolute atomic E-state index is 0.353. The Labute approximate surface area is 197 Å². The summed E-state index contributed by atoms with van der Waals surface area (Å²) in [5.74, 6) is 0.613. The van der Waals surface area contributed by atoms with Gasteiger partial charge in [0.15, 0.2) is 0 Å². The number of para-hydroxylation sites is 1. The molecule has 2 heterocycles. The molecule has 0 unspecified atom stereocenters. The van der Waals surface area contributed by atoms with Crippen molar-refractivity contribution in [1.82, 2.24) is 4.98 Å². The number of aromatic nitrogens is 1. The monoisotopic (exact) mass is 473 g/mol. The maximum Gasteiger partial charge on any atom is 0.280 e. The molecule has 162 valence electrons. The lowest BCUT2D eigenvalue weighted by atomic mass is 10.2. The molecule has 0 aliphatic rings. The van der Waals surface area contributed by atoms with Crippen molar-refractivity contribution >= 4 is 50.1 Å². The van der Waals surface area contributed by atoms with E-state index in [1.165, 1.54) is 39.8 Å². The molecule has 0 radical (unpaired) electrons. The third-order valence-electron chi connectivity index (χ3n) is 4.64. The summed E-state index contributed by atoms with van der Waals surface area (Å²) in [6.07, 6.45) is 1.61. The van der Waals surface area contributed by atoms with Gasteiger partial charge in [-0.1, -0.05) is 35.6 Å². The molecule has 0 fully saturated rings. The van der Waals surface area contributed by atoms with Crippen LogP contribution in [0.1, 0.15) is 15.2 Å². The number of thiazole rings is 1. The van der Waals surface area contributed by atoms with Gasteiger partial charge in [0.05, 0.1) is 16.4 Å². The number of carbonyl (C=O) groups excluding carboxylic acids is 1. The lowest BCUT2D eigenvalue weighted by molar-refractivity contribution is 0.0988. The Balaban J connectivity index is 1.45. The number of carbonyl (C=O) groups is 1. The summed E-state index contributed by atoms with van der Waals surface area (Å²) in [4.78, 5) is 18.8. The highest BCUT2D eigenvalue weighted by Crippen LogP contribution is 2.31. The average molecular weight is 474 g/mol. The highest BCUT2D eigenvalue weighted by molar-refractivity contribution is 7.22. The number of thiophene rings is 1. The molecule has 3 aromatic carbocycles. The zero-order valence-corrected chi connectivity index (χ0v) is 18.7. The van der Waals surface area contributed by atoms with Crippen LogP contribution < -0.4 is 9.75 Å². The largest absolute Gasteiger partial charge is 0.457 e. The minimum Gasteiger partial charge on any atom is -0.457 e. The first-order chi connectivity index (χ1) is 16.2. The highest BCUT2D eigenvalue weighted by Gasteiger charge is 2.21. The van der Waals surface area contributed by atoms with Crippen LogP contribution >= 0.6 is 22.7 Å². The number of hydrogen-bond donors (Lipinski definition) is 0. The standard InChI is InChI=1S/C25H16FN3O2S2/c26-18-10-13-22-23(15-18)33-25(28-22)29(27-16-21-7-4-14-32-21)24(30)17-8-11-20(12-9-17)31-19-5-2-1-3-6-19/h1-16H/b27-16+. The van der Waals surface area contributed by atoms with Crippen LogP contribution in [0.4, 0.5) is 9.52 Å². The Morgan fingerprint density at radius 1 is 0.970 bits per heavy atom. The van der Waals surface area contributed by atoms with Crippen molar-refractivity contribution in [2.75, 3.05) is 5.01 Å². The Kier molecular flexibility index (Phi) is 5.93. The molecule has 33 heavy (non-hydrogen) atoms. The smallest absolute Gasteiger partial charge is 0.280 e. The van der Waals surface area contributed by atoms with Gasteiger partial charge in [-0.25, -0.2) is 9.37 Å². The van der Waals surface area contributed by atoms with E-state index >= 15 is 0 Å². The maximum absolute atomic E-state index is 13.7. The van der Waals surface area contributed by atoms with Gasteiger partial charge in [0.25, 0.3) is 5.91 Å². The molecule has 2 aromatic heterocycles. The van der Waals surface area contributed by atoms with Crippen molar-refractivity contribution in [2.45, 2.75) is 0 Å². The van der Waals surface area contributed by atoms with Gasteiger partial charge in [-0.15, -0.1) is 11.3 Å². The predicted molar refractivity (Wildman–Crippen MR) is 131 cm³/mol. The number of anilines is 1. The van der Waals surface area contributed by atoms with Crippen LogP contribution in [0.3, 0.4) is 0 Å². The summed E-state index contributed by atoms with van der Waals surface area (Å²) in [7, 11) is 0. The minimum atomic E-state index is -0.355. The molecule has 0 aliphatic heterocycles. The van der Waals surface area contributed by atoms with Gasteiger partial charge in [-0.3, -0.25) is 4.79 Å². The van der Waals surface area contributed by atoms with Gasteiger partial charge >= 0.3 is 0 Å². The van der Waals surface area contributed by atoms with E-state index in [9.17, 15) is 9.18 Å². The zero-order chi connectivity index (χ0) is 22.6. The summed E-state index contributed by atoms with van der Waals surface area (Å²) in [6.45, 7) is 0. The number of rotatable bonds is 6. The van der Waals surface area contributed by atoms with Crippen LogP contribution in [-0.2, 0) is 0 Å². The van der Waals surface area contributed by atoms with Crippen molar-refractivity contribution < 1.29 is 13.9 Å². The SMILES string of the molecule is O=C(c1ccc(Oc2ccccc2)cc1)N(/N=C/c1cccs1)c1nc2ccc(F)cc2s1. The van der Waals surface area contributed by atoms with E-state index in [1.54, 1.807) is 36.5 Å². The molecule has 0 saturated heterocycles. The molecule has 0 aliphatic carbocycles. The third-order valence-corrected chi connectivity index (χ3v) is 6.44. The molecular formula is C25H16FN3O2S2. The molecule has 0 spiro atoms. The Morgan fingerprint density at radius 3 is 2.52 bits per heavy atom. The Morgan fingerprint density at radius 2 is 1.76 bits per heavy atom. The van der Waals surface area contributed by atoms with Crippen LogP contribution in [0.15, 0.2) is 95.4 Å². The van der Waals surface area contributed by atoms with Gasteiger partial charge < -0.3 is 4.74 Å². The summed E-state index contributed by atoms with van der Waals surface area (Å²) < 4.78 is 20.1.